The van der Waals surface area contributed by atoms with Crippen LogP contribution in [0.1, 0.15) is 17.0 Å². The van der Waals surface area contributed by atoms with Gasteiger partial charge in [0.25, 0.3) is 0 Å². The van der Waals surface area contributed by atoms with E-state index in [2.05, 4.69) is 9.97 Å². The van der Waals surface area contributed by atoms with Crippen LogP contribution in [-0.2, 0) is 39.1 Å². The maximum atomic E-state index is 13.9. The number of methoxy groups -OCH3 is 2. The maximum Gasteiger partial charge on any atom is 0.324 e. The van der Waals surface area contributed by atoms with Crippen LogP contribution in [-0.4, -0.2) is 53.5 Å². The molecule has 1 aliphatic rings. The van der Waals surface area contributed by atoms with Crippen LogP contribution in [0.3, 0.4) is 0 Å². The summed E-state index contributed by atoms with van der Waals surface area (Å²) < 4.78 is 41.2. The number of para-hydroxylation sites is 1. The van der Waals surface area contributed by atoms with Crippen LogP contribution >= 0.6 is 0 Å². The second-order valence-electron chi connectivity index (χ2n) is 8.24. The van der Waals surface area contributed by atoms with E-state index < -0.39 is 22.0 Å². The average molecular weight is 493 g/mol. The lowest BCUT2D eigenvalue weighted by atomic mass is 10.1. The molecule has 180 valence electrons. The molecule has 1 aliphatic heterocycles. The largest absolute Gasteiger partial charge is 0.497 e. The lowest BCUT2D eigenvalue weighted by molar-refractivity contribution is -0.145. The van der Waals surface area contributed by atoms with Crippen LogP contribution in [0.15, 0.2) is 72.0 Å². The molecule has 3 heterocycles. The number of nitrogens with zero attached hydrogens (tertiary/aromatic N) is 4. The molecule has 4 aromatic rings. The monoisotopic (exact) mass is 492 g/mol. The summed E-state index contributed by atoms with van der Waals surface area (Å²) in [6.07, 6.45) is 3.35. The van der Waals surface area contributed by atoms with Crippen LogP contribution in [0.5, 0.6) is 5.75 Å². The van der Waals surface area contributed by atoms with E-state index >= 15 is 0 Å². The standard InChI is InChI=1S/C25H24N4O5S/c1-33-19-10-8-17(9-11-19)14-28-16-27-20-13-21(25(30)34-2)29(15-22(20)28)35(31,32)23-7-3-5-18-6-4-12-26-24(18)23/h3-12,16,21H,13-15H2,1-2H3/t21-/m0/s1. The van der Waals surface area contributed by atoms with E-state index in [9.17, 15) is 13.2 Å². The first-order valence-electron chi connectivity index (χ1n) is 11.0. The predicted octanol–water partition coefficient (Wildman–Crippen LogP) is 2.78. The minimum atomic E-state index is -4.10. The third kappa shape index (κ3) is 4.15. The fourth-order valence-corrected chi connectivity index (χ4v) is 6.11. The molecule has 0 saturated heterocycles. The van der Waals surface area contributed by atoms with Crippen molar-refractivity contribution in [2.75, 3.05) is 14.2 Å². The summed E-state index contributed by atoms with van der Waals surface area (Å²) in [5.74, 6) is 0.125. The van der Waals surface area contributed by atoms with Gasteiger partial charge in [-0.15, -0.1) is 0 Å². The van der Waals surface area contributed by atoms with Gasteiger partial charge in [-0.05, 0) is 29.8 Å². The maximum absolute atomic E-state index is 13.9. The smallest absolute Gasteiger partial charge is 0.324 e. The van der Waals surface area contributed by atoms with E-state index in [1.165, 1.54) is 17.5 Å². The van der Waals surface area contributed by atoms with Crippen molar-refractivity contribution >= 4 is 26.9 Å². The number of sulfonamides is 1. The number of benzene rings is 2. The summed E-state index contributed by atoms with van der Waals surface area (Å²) in [5, 5.41) is 0.699. The van der Waals surface area contributed by atoms with Crippen LogP contribution < -0.4 is 4.74 Å². The second-order valence-corrected chi connectivity index (χ2v) is 10.1. The van der Waals surface area contributed by atoms with Gasteiger partial charge in [0.05, 0.1) is 44.0 Å². The molecule has 35 heavy (non-hydrogen) atoms. The average Bonchev–Trinajstić information content (AvgIpc) is 3.29. The molecule has 2 aromatic heterocycles. The van der Waals surface area contributed by atoms with Crippen LogP contribution in [0.2, 0.25) is 0 Å². The van der Waals surface area contributed by atoms with E-state index in [4.69, 9.17) is 9.47 Å². The van der Waals surface area contributed by atoms with Gasteiger partial charge in [0, 0.05) is 24.5 Å². The topological polar surface area (TPSA) is 104 Å². The van der Waals surface area contributed by atoms with E-state index in [1.54, 1.807) is 43.9 Å². The zero-order valence-electron chi connectivity index (χ0n) is 19.3. The molecule has 2 aromatic carbocycles. The predicted molar refractivity (Wildman–Crippen MR) is 128 cm³/mol. The minimum Gasteiger partial charge on any atom is -0.497 e. The summed E-state index contributed by atoms with van der Waals surface area (Å²) in [6, 6.07) is 15.2. The van der Waals surface area contributed by atoms with Crippen molar-refractivity contribution in [2.45, 2.75) is 30.4 Å². The number of esters is 1. The molecule has 10 heteroatoms. The molecule has 1 atom stereocenters. The number of rotatable bonds is 6. The Kier molecular flexibility index (Phi) is 6.00. The fraction of sp³-hybridized carbons (Fsp3) is 0.240. The molecule has 0 spiro atoms. The van der Waals surface area contributed by atoms with Crippen molar-refractivity contribution in [3.8, 4) is 5.75 Å². The number of fused-ring (bicyclic) bond motifs is 2. The van der Waals surface area contributed by atoms with Gasteiger partial charge in [-0.25, -0.2) is 13.4 Å². The Hall–Kier alpha value is -3.76. The molecule has 0 unspecified atom stereocenters. The molecule has 5 rings (SSSR count). The molecule has 9 nitrogen and oxygen atoms in total. The summed E-state index contributed by atoms with van der Waals surface area (Å²) in [4.78, 5) is 21.5. The number of aromatic nitrogens is 3. The van der Waals surface area contributed by atoms with Crippen molar-refractivity contribution in [3.05, 3.63) is 84.1 Å². The third-order valence-electron chi connectivity index (χ3n) is 6.24. The van der Waals surface area contributed by atoms with Gasteiger partial charge in [-0.3, -0.25) is 9.78 Å². The highest BCUT2D eigenvalue weighted by molar-refractivity contribution is 7.89. The first-order chi connectivity index (χ1) is 16.9. The van der Waals surface area contributed by atoms with Gasteiger partial charge in [0.15, 0.2) is 0 Å². The van der Waals surface area contributed by atoms with E-state index in [0.29, 0.717) is 23.1 Å². The van der Waals surface area contributed by atoms with Gasteiger partial charge < -0.3 is 14.0 Å². The zero-order valence-corrected chi connectivity index (χ0v) is 20.1. The molecule has 0 aliphatic carbocycles. The van der Waals surface area contributed by atoms with Crippen LogP contribution in [0.4, 0.5) is 0 Å². The van der Waals surface area contributed by atoms with Crippen LogP contribution in [0, 0.1) is 0 Å². The summed E-state index contributed by atoms with van der Waals surface area (Å²) >= 11 is 0. The second kappa shape index (κ2) is 9.12. The Morgan fingerprint density at radius 1 is 1.06 bits per heavy atom. The van der Waals surface area contributed by atoms with Gasteiger partial charge >= 0.3 is 5.97 Å². The van der Waals surface area contributed by atoms with Crippen LogP contribution in [0.25, 0.3) is 10.9 Å². The molecule has 0 fully saturated rings. The van der Waals surface area contributed by atoms with Gasteiger partial charge in [0.2, 0.25) is 10.0 Å². The lowest BCUT2D eigenvalue weighted by Crippen LogP contribution is -2.49. The molecule has 0 bridgehead atoms. The first-order valence-corrected chi connectivity index (χ1v) is 12.5. The molecule has 0 amide bonds. The molecular weight excluding hydrogens is 468 g/mol. The minimum absolute atomic E-state index is 0.0171. The molecule has 0 saturated carbocycles. The van der Waals surface area contributed by atoms with Crippen molar-refractivity contribution in [3.63, 3.8) is 0 Å². The fourth-order valence-electron chi connectivity index (χ4n) is 4.41. The Morgan fingerprint density at radius 3 is 2.57 bits per heavy atom. The number of imidazole rings is 1. The SMILES string of the molecule is COC(=O)[C@@H]1Cc2ncn(Cc3ccc(OC)cc3)c2CN1S(=O)(=O)c1cccc2cccnc12. The summed E-state index contributed by atoms with van der Waals surface area (Å²) in [6.45, 7) is 0.482. The molecule has 0 N–H and O–H groups in total. The Balaban J connectivity index is 1.55. The lowest BCUT2D eigenvalue weighted by Gasteiger charge is -2.33. The van der Waals surface area contributed by atoms with Crippen molar-refractivity contribution in [1.82, 2.24) is 18.8 Å². The number of hydrogen-bond acceptors (Lipinski definition) is 7. The highest BCUT2D eigenvalue weighted by Crippen LogP contribution is 2.32. The van der Waals surface area contributed by atoms with Gasteiger partial charge in [0.1, 0.15) is 16.7 Å². The Morgan fingerprint density at radius 2 is 1.83 bits per heavy atom. The zero-order chi connectivity index (χ0) is 24.6. The molecule has 0 radical (unpaired) electrons. The van der Waals surface area contributed by atoms with Crippen molar-refractivity contribution in [1.29, 1.82) is 0 Å². The first kappa shape index (κ1) is 23.0. The van der Waals surface area contributed by atoms with Gasteiger partial charge in [-0.1, -0.05) is 30.3 Å². The highest BCUT2D eigenvalue weighted by Gasteiger charge is 2.42. The van der Waals surface area contributed by atoms with Crippen molar-refractivity contribution in [2.24, 2.45) is 0 Å². The van der Waals surface area contributed by atoms with E-state index in [0.717, 1.165) is 17.0 Å². The third-order valence-corrected chi connectivity index (χ3v) is 8.13. The normalized spacial score (nSPS) is 16.1. The van der Waals surface area contributed by atoms with Gasteiger partial charge in [-0.2, -0.15) is 4.31 Å². The van der Waals surface area contributed by atoms with Crippen molar-refractivity contribution < 1.29 is 22.7 Å². The highest BCUT2D eigenvalue weighted by atomic mass is 32.2. The number of pyridine rings is 1. The summed E-state index contributed by atoms with van der Waals surface area (Å²) in [5.41, 5.74) is 2.78. The Labute approximate surface area is 203 Å². The molecular formula is C25H24N4O5S. The number of carbonyl (C=O) groups excluding carboxylic acids is 1. The number of ether oxygens (including phenoxy) is 2. The van der Waals surface area contributed by atoms with E-state index in [1.807, 2.05) is 28.8 Å². The Bertz CT molecular complexity index is 1490. The quantitative estimate of drug-likeness (QED) is 0.381. The number of hydrogen-bond donors (Lipinski definition) is 0. The number of carbonyl (C=O) groups is 1. The summed E-state index contributed by atoms with van der Waals surface area (Å²) in [7, 11) is -1.23. The van der Waals surface area contributed by atoms with E-state index in [-0.39, 0.29) is 17.9 Å².